The third kappa shape index (κ3) is 4.89. The van der Waals surface area contributed by atoms with Crippen LogP contribution in [0.1, 0.15) is 27.2 Å². The summed E-state index contributed by atoms with van der Waals surface area (Å²) >= 11 is 0. The number of carbonyl (C=O) groups excluding carboxylic acids is 1. The molecular formula is C15H21N3O6S. The summed E-state index contributed by atoms with van der Waals surface area (Å²) in [5, 5.41) is 11.0. The van der Waals surface area contributed by atoms with Crippen molar-refractivity contribution in [1.82, 2.24) is 9.62 Å². The molecule has 0 bridgehead atoms. The maximum atomic E-state index is 12.5. The van der Waals surface area contributed by atoms with Crippen molar-refractivity contribution in [2.24, 2.45) is 0 Å². The average Bonchev–Trinajstić information content (AvgIpc) is 2.93. The molecule has 0 aliphatic carbocycles. The lowest BCUT2D eigenvalue weighted by Crippen LogP contribution is -2.40. The predicted molar refractivity (Wildman–Crippen MR) is 89.6 cm³/mol. The molecule has 0 aromatic heterocycles. The van der Waals surface area contributed by atoms with Crippen molar-refractivity contribution < 1.29 is 22.9 Å². The van der Waals surface area contributed by atoms with Crippen LogP contribution in [-0.4, -0.2) is 49.1 Å². The molecular weight excluding hydrogens is 350 g/mol. The van der Waals surface area contributed by atoms with E-state index in [0.717, 1.165) is 6.07 Å². The number of sulfonamides is 1. The van der Waals surface area contributed by atoms with Gasteiger partial charge < -0.3 is 9.64 Å². The fourth-order valence-corrected chi connectivity index (χ4v) is 3.90. The van der Waals surface area contributed by atoms with E-state index in [1.165, 1.54) is 23.1 Å². The van der Waals surface area contributed by atoms with E-state index in [2.05, 4.69) is 4.72 Å². The van der Waals surface area contributed by atoms with E-state index in [0.29, 0.717) is 13.0 Å². The number of hydrogen-bond acceptors (Lipinski definition) is 6. The van der Waals surface area contributed by atoms with Crippen molar-refractivity contribution >= 4 is 21.8 Å². The molecule has 9 nitrogen and oxygen atoms in total. The van der Waals surface area contributed by atoms with Crippen molar-refractivity contribution in [1.29, 1.82) is 0 Å². The van der Waals surface area contributed by atoms with Gasteiger partial charge in [-0.05, 0) is 33.3 Å². The number of nitro benzene ring substituents is 1. The number of nitrogens with one attached hydrogen (secondary N) is 1. The van der Waals surface area contributed by atoms with Gasteiger partial charge in [0.15, 0.2) is 4.90 Å². The van der Waals surface area contributed by atoms with Gasteiger partial charge in [-0.3, -0.25) is 10.1 Å². The third-order valence-electron chi connectivity index (χ3n) is 3.51. The molecule has 1 unspecified atom stereocenters. The maximum Gasteiger partial charge on any atom is 0.410 e. The van der Waals surface area contributed by atoms with Crippen molar-refractivity contribution in [3.63, 3.8) is 0 Å². The van der Waals surface area contributed by atoms with Gasteiger partial charge in [0.2, 0.25) is 10.0 Å². The summed E-state index contributed by atoms with van der Waals surface area (Å²) < 4.78 is 32.6. The van der Waals surface area contributed by atoms with Gasteiger partial charge in [-0.2, -0.15) is 0 Å². The van der Waals surface area contributed by atoms with Gasteiger partial charge in [0.1, 0.15) is 5.60 Å². The Balaban J connectivity index is 2.08. The number of nitro groups is 1. The molecule has 0 radical (unpaired) electrons. The van der Waals surface area contributed by atoms with Gasteiger partial charge in [-0.25, -0.2) is 17.9 Å². The molecule has 1 amide bonds. The van der Waals surface area contributed by atoms with Gasteiger partial charge >= 0.3 is 6.09 Å². The molecule has 1 saturated heterocycles. The second kappa shape index (κ2) is 6.96. The van der Waals surface area contributed by atoms with E-state index >= 15 is 0 Å². The first-order chi connectivity index (χ1) is 11.5. The van der Waals surface area contributed by atoms with Crippen molar-refractivity contribution in [3.05, 3.63) is 34.4 Å². The van der Waals surface area contributed by atoms with Crippen LogP contribution < -0.4 is 4.72 Å². The lowest BCUT2D eigenvalue weighted by molar-refractivity contribution is -0.387. The smallest absolute Gasteiger partial charge is 0.410 e. The monoisotopic (exact) mass is 371 g/mol. The van der Waals surface area contributed by atoms with Crippen LogP contribution in [0.3, 0.4) is 0 Å². The maximum absolute atomic E-state index is 12.5. The highest BCUT2D eigenvalue weighted by Crippen LogP contribution is 2.24. The molecule has 0 saturated carbocycles. The summed E-state index contributed by atoms with van der Waals surface area (Å²) in [6, 6.07) is 4.61. The normalized spacial score (nSPS) is 18.2. The van der Waals surface area contributed by atoms with Gasteiger partial charge in [0.25, 0.3) is 5.69 Å². The molecule has 1 atom stereocenters. The molecule has 1 aliphatic heterocycles. The number of para-hydroxylation sites is 1. The molecule has 2 rings (SSSR count). The molecule has 1 aliphatic rings. The number of carbonyl (C=O) groups is 1. The Morgan fingerprint density at radius 2 is 2.00 bits per heavy atom. The molecule has 138 valence electrons. The zero-order chi connectivity index (χ0) is 18.8. The number of rotatable bonds is 4. The van der Waals surface area contributed by atoms with Crippen molar-refractivity contribution in [3.8, 4) is 0 Å². The SMILES string of the molecule is CC(C)(C)OC(=O)N1CCC(NS(=O)(=O)c2ccccc2[N+](=O)[O-])C1. The molecule has 10 heteroatoms. The number of likely N-dealkylation sites (tertiary alicyclic amines) is 1. The Hall–Kier alpha value is -2.20. The molecule has 1 aromatic rings. The Morgan fingerprint density at radius 3 is 2.60 bits per heavy atom. The van der Waals surface area contributed by atoms with E-state index in [9.17, 15) is 23.3 Å². The topological polar surface area (TPSA) is 119 Å². The average molecular weight is 371 g/mol. The lowest BCUT2D eigenvalue weighted by atomic mass is 10.2. The van der Waals surface area contributed by atoms with Crippen LogP contribution >= 0.6 is 0 Å². The van der Waals surface area contributed by atoms with Crippen LogP contribution in [-0.2, 0) is 14.8 Å². The summed E-state index contributed by atoms with van der Waals surface area (Å²) in [5.41, 5.74) is -1.13. The summed E-state index contributed by atoms with van der Waals surface area (Å²) in [7, 11) is -4.07. The van der Waals surface area contributed by atoms with E-state index in [1.54, 1.807) is 20.8 Å². The number of ether oxygens (including phenoxy) is 1. The fourth-order valence-electron chi connectivity index (χ4n) is 2.47. The van der Waals surface area contributed by atoms with Crippen LogP contribution in [0.4, 0.5) is 10.5 Å². The minimum absolute atomic E-state index is 0.148. The van der Waals surface area contributed by atoms with Crippen LogP contribution in [0.25, 0.3) is 0 Å². The molecule has 1 N–H and O–H groups in total. The second-order valence-electron chi connectivity index (χ2n) is 6.76. The summed E-state index contributed by atoms with van der Waals surface area (Å²) in [4.78, 5) is 23.3. The first-order valence-electron chi connectivity index (χ1n) is 7.73. The standard InChI is InChI=1S/C15H21N3O6S/c1-15(2,3)24-14(19)17-9-8-11(10-17)16-25(22,23)13-7-5-4-6-12(13)18(20)21/h4-7,11,16H,8-10H2,1-3H3. The number of hydrogen-bond donors (Lipinski definition) is 1. The van der Waals surface area contributed by atoms with E-state index < -0.39 is 43.3 Å². The minimum atomic E-state index is -4.07. The Morgan fingerprint density at radius 1 is 1.36 bits per heavy atom. The van der Waals surface area contributed by atoms with Crippen LogP contribution in [0.2, 0.25) is 0 Å². The quantitative estimate of drug-likeness (QED) is 0.637. The minimum Gasteiger partial charge on any atom is -0.444 e. The first-order valence-corrected chi connectivity index (χ1v) is 9.21. The number of benzene rings is 1. The summed E-state index contributed by atoms with van der Waals surface area (Å²) in [5.74, 6) is 0. The van der Waals surface area contributed by atoms with E-state index in [-0.39, 0.29) is 6.54 Å². The molecule has 25 heavy (non-hydrogen) atoms. The highest BCUT2D eigenvalue weighted by atomic mass is 32.2. The van der Waals surface area contributed by atoms with Crippen LogP contribution in [0.15, 0.2) is 29.2 Å². The predicted octanol–water partition coefficient (Wildman–Crippen LogP) is 1.88. The Bertz CT molecular complexity index is 772. The van der Waals surface area contributed by atoms with Gasteiger partial charge in [-0.15, -0.1) is 0 Å². The highest BCUT2D eigenvalue weighted by molar-refractivity contribution is 7.89. The zero-order valence-corrected chi connectivity index (χ0v) is 15.1. The molecule has 0 spiro atoms. The Kier molecular flexibility index (Phi) is 5.33. The third-order valence-corrected chi connectivity index (χ3v) is 5.08. The van der Waals surface area contributed by atoms with Crippen molar-refractivity contribution in [2.45, 2.75) is 43.7 Å². The lowest BCUT2D eigenvalue weighted by Gasteiger charge is -2.24. The largest absolute Gasteiger partial charge is 0.444 e. The summed E-state index contributed by atoms with van der Waals surface area (Å²) in [6.45, 7) is 5.73. The summed E-state index contributed by atoms with van der Waals surface area (Å²) in [6.07, 6.45) is -0.112. The molecule has 1 aromatic carbocycles. The number of nitrogens with zero attached hydrogens (tertiary/aromatic N) is 2. The molecule has 1 fully saturated rings. The number of amides is 1. The second-order valence-corrected chi connectivity index (χ2v) is 8.44. The van der Waals surface area contributed by atoms with E-state index in [1.807, 2.05) is 0 Å². The Labute approximate surface area is 146 Å². The highest BCUT2D eigenvalue weighted by Gasteiger charge is 2.34. The zero-order valence-electron chi connectivity index (χ0n) is 14.3. The first kappa shape index (κ1) is 19.1. The van der Waals surface area contributed by atoms with Crippen LogP contribution in [0.5, 0.6) is 0 Å². The van der Waals surface area contributed by atoms with Gasteiger partial charge in [-0.1, -0.05) is 12.1 Å². The van der Waals surface area contributed by atoms with Gasteiger partial charge in [0, 0.05) is 25.2 Å². The molecule has 1 heterocycles. The fraction of sp³-hybridized carbons (Fsp3) is 0.533. The van der Waals surface area contributed by atoms with Crippen LogP contribution in [0, 0.1) is 10.1 Å². The van der Waals surface area contributed by atoms with E-state index in [4.69, 9.17) is 4.74 Å². The van der Waals surface area contributed by atoms with Crippen molar-refractivity contribution in [2.75, 3.05) is 13.1 Å². The van der Waals surface area contributed by atoms with Gasteiger partial charge in [0.05, 0.1) is 4.92 Å².